The summed E-state index contributed by atoms with van der Waals surface area (Å²) in [6.45, 7) is 0. The highest BCUT2D eigenvalue weighted by atomic mass is 32.1. The van der Waals surface area contributed by atoms with Crippen molar-refractivity contribution in [3.05, 3.63) is 16.8 Å². The van der Waals surface area contributed by atoms with E-state index in [4.69, 9.17) is 0 Å². The first-order valence-electron chi connectivity index (χ1n) is 4.33. The largest absolute Gasteiger partial charge is 0.391 e. The van der Waals surface area contributed by atoms with Crippen LogP contribution in [0.3, 0.4) is 0 Å². The SMILES string of the molecule is OC1CCCC1Nc1ccsc1. The highest BCUT2D eigenvalue weighted by Gasteiger charge is 2.24. The third kappa shape index (κ3) is 1.62. The summed E-state index contributed by atoms with van der Waals surface area (Å²) >= 11 is 1.68. The maximum absolute atomic E-state index is 9.53. The van der Waals surface area contributed by atoms with E-state index in [1.807, 2.05) is 5.38 Å². The summed E-state index contributed by atoms with van der Waals surface area (Å²) in [7, 11) is 0. The van der Waals surface area contributed by atoms with Crippen molar-refractivity contribution in [3.63, 3.8) is 0 Å². The molecular formula is C9H13NOS. The fraction of sp³-hybridized carbons (Fsp3) is 0.556. The Morgan fingerprint density at radius 1 is 1.50 bits per heavy atom. The number of aliphatic hydroxyl groups is 1. The van der Waals surface area contributed by atoms with Crippen LogP contribution >= 0.6 is 11.3 Å². The molecular weight excluding hydrogens is 170 g/mol. The molecule has 3 heteroatoms. The van der Waals surface area contributed by atoms with Crippen molar-refractivity contribution in [2.24, 2.45) is 0 Å². The number of thiophene rings is 1. The number of nitrogens with one attached hydrogen (secondary N) is 1. The van der Waals surface area contributed by atoms with Crippen LogP contribution in [0, 0.1) is 0 Å². The highest BCUT2D eigenvalue weighted by Crippen LogP contribution is 2.23. The first kappa shape index (κ1) is 8.08. The van der Waals surface area contributed by atoms with Gasteiger partial charge in [-0.25, -0.2) is 0 Å². The van der Waals surface area contributed by atoms with E-state index in [1.54, 1.807) is 11.3 Å². The van der Waals surface area contributed by atoms with Crippen LogP contribution in [-0.2, 0) is 0 Å². The number of hydrogen-bond donors (Lipinski definition) is 2. The summed E-state index contributed by atoms with van der Waals surface area (Å²) in [6, 6.07) is 2.33. The van der Waals surface area contributed by atoms with Gasteiger partial charge in [0.05, 0.1) is 12.1 Å². The van der Waals surface area contributed by atoms with Crippen molar-refractivity contribution in [1.29, 1.82) is 0 Å². The van der Waals surface area contributed by atoms with Crippen LogP contribution in [-0.4, -0.2) is 17.3 Å². The molecule has 2 rings (SSSR count). The molecule has 1 aromatic heterocycles. The number of anilines is 1. The fourth-order valence-corrected chi connectivity index (χ4v) is 2.27. The molecule has 1 heterocycles. The molecule has 12 heavy (non-hydrogen) atoms. The van der Waals surface area contributed by atoms with Gasteiger partial charge in [-0.1, -0.05) is 0 Å². The first-order chi connectivity index (χ1) is 5.86. The summed E-state index contributed by atoms with van der Waals surface area (Å²) in [5, 5.41) is 17.0. The number of hydrogen-bond acceptors (Lipinski definition) is 3. The minimum Gasteiger partial charge on any atom is -0.391 e. The zero-order valence-corrected chi connectivity index (χ0v) is 7.68. The van der Waals surface area contributed by atoms with Crippen molar-refractivity contribution in [3.8, 4) is 0 Å². The monoisotopic (exact) mass is 183 g/mol. The predicted molar refractivity (Wildman–Crippen MR) is 51.6 cm³/mol. The maximum Gasteiger partial charge on any atom is 0.0741 e. The van der Waals surface area contributed by atoms with Gasteiger partial charge in [0.25, 0.3) is 0 Å². The average molecular weight is 183 g/mol. The molecule has 2 nitrogen and oxygen atoms in total. The average Bonchev–Trinajstić information content (AvgIpc) is 2.65. The van der Waals surface area contributed by atoms with Crippen LogP contribution < -0.4 is 5.32 Å². The molecule has 1 aromatic rings. The Morgan fingerprint density at radius 3 is 3.00 bits per heavy atom. The highest BCUT2D eigenvalue weighted by molar-refractivity contribution is 7.08. The molecule has 66 valence electrons. The zero-order valence-electron chi connectivity index (χ0n) is 6.86. The van der Waals surface area contributed by atoms with Crippen molar-refractivity contribution in [2.45, 2.75) is 31.4 Å². The summed E-state index contributed by atoms with van der Waals surface area (Å²) in [6.07, 6.45) is 3.03. The van der Waals surface area contributed by atoms with Crippen molar-refractivity contribution in [1.82, 2.24) is 0 Å². The summed E-state index contributed by atoms with van der Waals surface area (Å²) in [5.74, 6) is 0. The minimum atomic E-state index is -0.148. The van der Waals surface area contributed by atoms with E-state index >= 15 is 0 Å². The first-order valence-corrected chi connectivity index (χ1v) is 5.27. The predicted octanol–water partition coefficient (Wildman–Crippen LogP) is 2.07. The van der Waals surface area contributed by atoms with E-state index in [0.717, 1.165) is 24.9 Å². The van der Waals surface area contributed by atoms with Gasteiger partial charge >= 0.3 is 0 Å². The van der Waals surface area contributed by atoms with Crippen LogP contribution in [0.15, 0.2) is 16.8 Å². The van der Waals surface area contributed by atoms with Crippen molar-refractivity contribution >= 4 is 17.0 Å². The Morgan fingerprint density at radius 2 is 2.42 bits per heavy atom. The molecule has 0 saturated heterocycles. The normalized spacial score (nSPS) is 29.1. The van der Waals surface area contributed by atoms with E-state index in [2.05, 4.69) is 16.8 Å². The van der Waals surface area contributed by atoms with Crippen LogP contribution in [0.1, 0.15) is 19.3 Å². The zero-order chi connectivity index (χ0) is 8.39. The van der Waals surface area contributed by atoms with E-state index in [1.165, 1.54) is 0 Å². The molecule has 1 saturated carbocycles. The van der Waals surface area contributed by atoms with Gasteiger partial charge in [-0.2, -0.15) is 11.3 Å². The standard InChI is InChI=1S/C9H13NOS/c11-9-3-1-2-8(9)10-7-4-5-12-6-7/h4-6,8-11H,1-3H2. The molecule has 0 spiro atoms. The maximum atomic E-state index is 9.53. The Hall–Kier alpha value is -0.540. The second-order valence-electron chi connectivity index (χ2n) is 3.26. The molecule has 0 amide bonds. The van der Waals surface area contributed by atoms with Crippen LogP contribution in [0.5, 0.6) is 0 Å². The van der Waals surface area contributed by atoms with Gasteiger partial charge in [-0.3, -0.25) is 0 Å². The van der Waals surface area contributed by atoms with Gasteiger partial charge in [-0.05, 0) is 30.7 Å². The van der Waals surface area contributed by atoms with Crippen LogP contribution in [0.2, 0.25) is 0 Å². The Labute approximate surface area is 76.2 Å². The molecule has 2 N–H and O–H groups in total. The second kappa shape index (κ2) is 3.46. The Kier molecular flexibility index (Phi) is 2.33. The smallest absolute Gasteiger partial charge is 0.0741 e. The summed E-state index contributed by atoms with van der Waals surface area (Å²) in [4.78, 5) is 0. The van der Waals surface area contributed by atoms with E-state index in [-0.39, 0.29) is 12.1 Å². The molecule has 0 radical (unpaired) electrons. The third-order valence-electron chi connectivity index (χ3n) is 2.35. The number of rotatable bonds is 2. The lowest BCUT2D eigenvalue weighted by Gasteiger charge is -2.16. The van der Waals surface area contributed by atoms with Gasteiger partial charge in [0.1, 0.15) is 0 Å². The van der Waals surface area contributed by atoms with E-state index in [0.29, 0.717) is 0 Å². The third-order valence-corrected chi connectivity index (χ3v) is 3.04. The van der Waals surface area contributed by atoms with Gasteiger partial charge in [0, 0.05) is 11.1 Å². The molecule has 2 atom stereocenters. The van der Waals surface area contributed by atoms with Crippen LogP contribution in [0.25, 0.3) is 0 Å². The van der Waals surface area contributed by atoms with Crippen molar-refractivity contribution in [2.75, 3.05) is 5.32 Å². The van der Waals surface area contributed by atoms with Gasteiger partial charge < -0.3 is 10.4 Å². The molecule has 0 aliphatic heterocycles. The van der Waals surface area contributed by atoms with Gasteiger partial charge in [0.2, 0.25) is 0 Å². The lowest BCUT2D eigenvalue weighted by molar-refractivity contribution is 0.172. The van der Waals surface area contributed by atoms with Gasteiger partial charge in [0.15, 0.2) is 0 Å². The molecule has 1 fully saturated rings. The van der Waals surface area contributed by atoms with Gasteiger partial charge in [-0.15, -0.1) is 0 Å². The fourth-order valence-electron chi connectivity index (χ4n) is 1.67. The quantitative estimate of drug-likeness (QED) is 0.735. The Bertz CT molecular complexity index is 235. The number of aliphatic hydroxyl groups excluding tert-OH is 1. The minimum absolute atomic E-state index is 0.148. The van der Waals surface area contributed by atoms with Crippen LogP contribution in [0.4, 0.5) is 5.69 Å². The lowest BCUT2D eigenvalue weighted by Crippen LogP contribution is -2.27. The van der Waals surface area contributed by atoms with E-state index < -0.39 is 0 Å². The molecule has 1 aliphatic carbocycles. The molecule has 1 aliphatic rings. The van der Waals surface area contributed by atoms with Crippen molar-refractivity contribution < 1.29 is 5.11 Å². The van der Waals surface area contributed by atoms with E-state index in [9.17, 15) is 5.11 Å². The summed E-state index contributed by atoms with van der Waals surface area (Å²) in [5.41, 5.74) is 1.14. The molecule has 0 bridgehead atoms. The molecule has 0 aromatic carbocycles. The second-order valence-corrected chi connectivity index (χ2v) is 4.04. The summed E-state index contributed by atoms with van der Waals surface area (Å²) < 4.78 is 0. The lowest BCUT2D eigenvalue weighted by atomic mass is 10.2. The Balaban J connectivity index is 1.95. The molecule has 2 unspecified atom stereocenters. The topological polar surface area (TPSA) is 32.3 Å².